The molecule has 1 heterocycles. The van der Waals surface area contributed by atoms with Crippen LogP contribution in [0.15, 0.2) is 30.3 Å². The van der Waals surface area contributed by atoms with Crippen LogP contribution in [0.25, 0.3) is 0 Å². The summed E-state index contributed by atoms with van der Waals surface area (Å²) in [7, 11) is 0. The van der Waals surface area contributed by atoms with Crippen molar-refractivity contribution in [3.63, 3.8) is 0 Å². The summed E-state index contributed by atoms with van der Waals surface area (Å²) in [4.78, 5) is 2.44. The van der Waals surface area contributed by atoms with Crippen LogP contribution in [-0.4, -0.2) is 41.3 Å². The van der Waals surface area contributed by atoms with Crippen molar-refractivity contribution in [3.05, 3.63) is 35.9 Å². The fourth-order valence-corrected chi connectivity index (χ4v) is 3.95. The van der Waals surface area contributed by atoms with Gasteiger partial charge in [0.1, 0.15) is 0 Å². The summed E-state index contributed by atoms with van der Waals surface area (Å²) in [5, 5.41) is 13.8. The quantitative estimate of drug-likeness (QED) is 0.878. The van der Waals surface area contributed by atoms with Crippen LogP contribution in [0.4, 0.5) is 0 Å². The monoisotopic (exact) mass is 302 g/mol. The molecule has 122 valence electrons. The van der Waals surface area contributed by atoms with E-state index in [1.807, 2.05) is 0 Å². The molecule has 3 rings (SSSR count). The van der Waals surface area contributed by atoms with E-state index in [1.165, 1.54) is 31.2 Å². The molecule has 2 fully saturated rings. The van der Waals surface area contributed by atoms with Gasteiger partial charge in [-0.15, -0.1) is 0 Å². The van der Waals surface area contributed by atoms with Gasteiger partial charge in [-0.2, -0.15) is 0 Å². The van der Waals surface area contributed by atoms with E-state index < -0.39 is 0 Å². The SMILES string of the molecule is CC1CCC(NC[C@@H]2C[C@@H](O)CN2Cc2ccccc2)CC1. The van der Waals surface area contributed by atoms with Crippen molar-refractivity contribution < 1.29 is 5.11 Å². The van der Waals surface area contributed by atoms with Crippen molar-refractivity contribution in [2.45, 2.75) is 63.8 Å². The van der Waals surface area contributed by atoms with Gasteiger partial charge in [0.15, 0.2) is 0 Å². The molecule has 3 heteroatoms. The van der Waals surface area contributed by atoms with Gasteiger partial charge in [-0.1, -0.05) is 37.3 Å². The largest absolute Gasteiger partial charge is 0.392 e. The third-order valence-electron chi connectivity index (χ3n) is 5.39. The molecule has 1 saturated heterocycles. The molecule has 2 aliphatic rings. The highest BCUT2D eigenvalue weighted by Crippen LogP contribution is 2.25. The molecule has 1 saturated carbocycles. The molecular weight excluding hydrogens is 272 g/mol. The van der Waals surface area contributed by atoms with Gasteiger partial charge in [0.25, 0.3) is 0 Å². The standard InChI is InChI=1S/C19H30N2O/c1-15-7-9-17(10-8-15)20-12-18-11-19(22)14-21(18)13-16-5-3-2-4-6-16/h2-6,15,17-20,22H,7-14H2,1H3/t15?,17?,18-,19+/m0/s1. The van der Waals surface area contributed by atoms with Crippen LogP contribution in [0.2, 0.25) is 0 Å². The van der Waals surface area contributed by atoms with Crippen molar-refractivity contribution in [2.24, 2.45) is 5.92 Å². The average Bonchev–Trinajstić information content (AvgIpc) is 2.87. The minimum Gasteiger partial charge on any atom is -0.392 e. The minimum atomic E-state index is -0.165. The normalized spacial score (nSPS) is 33.2. The first-order valence-corrected chi connectivity index (χ1v) is 8.90. The van der Waals surface area contributed by atoms with Crippen molar-refractivity contribution in [1.82, 2.24) is 10.2 Å². The van der Waals surface area contributed by atoms with E-state index >= 15 is 0 Å². The number of rotatable bonds is 5. The number of nitrogens with zero attached hydrogens (tertiary/aromatic N) is 1. The van der Waals surface area contributed by atoms with Crippen molar-refractivity contribution >= 4 is 0 Å². The van der Waals surface area contributed by atoms with Crippen LogP contribution in [0.1, 0.15) is 44.6 Å². The van der Waals surface area contributed by atoms with Gasteiger partial charge in [0, 0.05) is 31.7 Å². The lowest BCUT2D eigenvalue weighted by atomic mass is 9.87. The fourth-order valence-electron chi connectivity index (χ4n) is 3.95. The average molecular weight is 302 g/mol. The van der Waals surface area contributed by atoms with Gasteiger partial charge < -0.3 is 10.4 Å². The molecule has 2 atom stereocenters. The predicted octanol–water partition coefficient (Wildman–Crippen LogP) is 2.79. The molecule has 1 aromatic rings. The number of benzene rings is 1. The van der Waals surface area contributed by atoms with E-state index in [9.17, 15) is 5.11 Å². The highest BCUT2D eigenvalue weighted by Gasteiger charge is 2.31. The Morgan fingerprint density at radius 3 is 2.59 bits per heavy atom. The Balaban J connectivity index is 1.50. The van der Waals surface area contributed by atoms with E-state index in [0.717, 1.165) is 32.0 Å². The van der Waals surface area contributed by atoms with Crippen molar-refractivity contribution in [2.75, 3.05) is 13.1 Å². The van der Waals surface area contributed by atoms with Gasteiger partial charge in [-0.25, -0.2) is 0 Å². The molecule has 0 aromatic heterocycles. The number of aliphatic hydroxyl groups is 1. The number of β-amino-alcohol motifs (C(OH)–C–C–N with tert-alkyl or cyclic N) is 1. The number of hydrogen-bond donors (Lipinski definition) is 2. The van der Waals surface area contributed by atoms with E-state index in [4.69, 9.17) is 0 Å². The van der Waals surface area contributed by atoms with Crippen LogP contribution in [0.5, 0.6) is 0 Å². The molecule has 1 aliphatic heterocycles. The van der Waals surface area contributed by atoms with Crippen LogP contribution < -0.4 is 5.32 Å². The molecular formula is C19H30N2O. The summed E-state index contributed by atoms with van der Waals surface area (Å²) in [5.41, 5.74) is 1.34. The highest BCUT2D eigenvalue weighted by atomic mass is 16.3. The van der Waals surface area contributed by atoms with Crippen LogP contribution in [0.3, 0.4) is 0 Å². The van der Waals surface area contributed by atoms with E-state index in [2.05, 4.69) is 47.5 Å². The summed E-state index contributed by atoms with van der Waals surface area (Å²) < 4.78 is 0. The second-order valence-electron chi connectivity index (χ2n) is 7.32. The first-order chi connectivity index (χ1) is 10.7. The number of likely N-dealkylation sites (tertiary alicyclic amines) is 1. The zero-order valence-electron chi connectivity index (χ0n) is 13.7. The van der Waals surface area contributed by atoms with Gasteiger partial charge in [0.2, 0.25) is 0 Å². The van der Waals surface area contributed by atoms with Gasteiger partial charge in [0.05, 0.1) is 6.10 Å². The maximum atomic E-state index is 10.1. The Kier molecular flexibility index (Phi) is 5.51. The Morgan fingerprint density at radius 2 is 1.86 bits per heavy atom. The zero-order chi connectivity index (χ0) is 15.4. The van der Waals surface area contributed by atoms with Crippen LogP contribution in [0, 0.1) is 5.92 Å². The third-order valence-corrected chi connectivity index (χ3v) is 5.39. The molecule has 0 amide bonds. The lowest BCUT2D eigenvalue weighted by Gasteiger charge is -2.30. The zero-order valence-corrected chi connectivity index (χ0v) is 13.7. The van der Waals surface area contributed by atoms with Crippen molar-refractivity contribution in [3.8, 4) is 0 Å². The molecule has 1 aliphatic carbocycles. The van der Waals surface area contributed by atoms with Crippen LogP contribution in [-0.2, 0) is 6.54 Å². The summed E-state index contributed by atoms with van der Waals surface area (Å²) >= 11 is 0. The third kappa shape index (κ3) is 4.31. The molecule has 2 N–H and O–H groups in total. The van der Waals surface area contributed by atoms with Gasteiger partial charge in [-0.3, -0.25) is 4.90 Å². The Morgan fingerprint density at radius 1 is 1.14 bits per heavy atom. The predicted molar refractivity (Wildman–Crippen MR) is 90.7 cm³/mol. The van der Waals surface area contributed by atoms with E-state index in [-0.39, 0.29) is 6.10 Å². The van der Waals surface area contributed by atoms with Crippen molar-refractivity contribution in [1.29, 1.82) is 0 Å². The molecule has 22 heavy (non-hydrogen) atoms. The molecule has 0 radical (unpaired) electrons. The molecule has 1 aromatic carbocycles. The molecule has 3 nitrogen and oxygen atoms in total. The Labute approximate surface area is 134 Å². The lowest BCUT2D eigenvalue weighted by molar-refractivity contribution is 0.172. The summed E-state index contributed by atoms with van der Waals surface area (Å²) in [5.74, 6) is 0.904. The fraction of sp³-hybridized carbons (Fsp3) is 0.684. The van der Waals surface area contributed by atoms with E-state index in [1.54, 1.807) is 0 Å². The number of nitrogens with one attached hydrogen (secondary N) is 1. The maximum absolute atomic E-state index is 10.1. The lowest BCUT2D eigenvalue weighted by Crippen LogP contribution is -2.42. The van der Waals surface area contributed by atoms with E-state index in [0.29, 0.717) is 12.1 Å². The molecule has 0 spiro atoms. The first kappa shape index (κ1) is 16.0. The Hall–Kier alpha value is -0.900. The highest BCUT2D eigenvalue weighted by molar-refractivity contribution is 5.15. The smallest absolute Gasteiger partial charge is 0.0682 e. The second-order valence-corrected chi connectivity index (χ2v) is 7.32. The number of aliphatic hydroxyl groups excluding tert-OH is 1. The molecule has 0 unspecified atom stereocenters. The van der Waals surface area contributed by atoms with Gasteiger partial charge >= 0.3 is 0 Å². The summed E-state index contributed by atoms with van der Waals surface area (Å²) in [6.07, 6.45) is 6.09. The summed E-state index contributed by atoms with van der Waals surface area (Å²) in [6.45, 7) is 5.14. The summed E-state index contributed by atoms with van der Waals surface area (Å²) in [6, 6.07) is 11.8. The maximum Gasteiger partial charge on any atom is 0.0682 e. The van der Waals surface area contributed by atoms with Gasteiger partial charge in [-0.05, 0) is 43.6 Å². The molecule has 0 bridgehead atoms. The number of hydrogen-bond acceptors (Lipinski definition) is 3. The minimum absolute atomic E-state index is 0.165. The van der Waals surface area contributed by atoms with Crippen LogP contribution >= 0.6 is 0 Å². The Bertz CT molecular complexity index is 442. The first-order valence-electron chi connectivity index (χ1n) is 8.90. The second kappa shape index (κ2) is 7.58. The topological polar surface area (TPSA) is 35.5 Å².